The van der Waals surface area contributed by atoms with Crippen LogP contribution in [0.2, 0.25) is 5.15 Å². The Balaban J connectivity index is 1.39. The highest BCUT2D eigenvalue weighted by Crippen LogP contribution is 2.33. The predicted octanol–water partition coefficient (Wildman–Crippen LogP) is 6.06. The minimum Gasteiger partial charge on any atom is -0.494 e. The van der Waals surface area contributed by atoms with Crippen molar-refractivity contribution in [3.63, 3.8) is 0 Å². The first kappa shape index (κ1) is 25.0. The molecule has 0 bridgehead atoms. The molecule has 0 atom stereocenters. The Bertz CT molecular complexity index is 1450. The summed E-state index contributed by atoms with van der Waals surface area (Å²) in [5.41, 5.74) is 4.87. The van der Waals surface area contributed by atoms with Gasteiger partial charge in [0.1, 0.15) is 16.7 Å². The van der Waals surface area contributed by atoms with Crippen LogP contribution in [0.25, 0.3) is 17.0 Å². The monoisotopic (exact) mass is 518 g/mol. The maximum atomic E-state index is 13.4. The molecular formula is C29H28ClFN4O2. The van der Waals surface area contributed by atoms with Gasteiger partial charge in [0.05, 0.1) is 12.1 Å². The molecule has 1 aliphatic rings. The van der Waals surface area contributed by atoms with Crippen LogP contribution in [0.1, 0.15) is 29.3 Å². The van der Waals surface area contributed by atoms with Crippen LogP contribution < -0.4 is 10.1 Å². The van der Waals surface area contributed by atoms with Crippen LogP contribution in [0.4, 0.5) is 9.18 Å². The second kappa shape index (κ2) is 11.2. The first-order valence-electron chi connectivity index (χ1n) is 12.3. The van der Waals surface area contributed by atoms with Crippen LogP contribution >= 0.6 is 11.6 Å². The average Bonchev–Trinajstić information content (AvgIpc) is 3.22. The SMILES string of the molecule is CCOc1ccc2c(c1)c1c(n2C(=O)NCc2ccnc(Cl)c2)CCN(C/C=C/c2ccc(F)cc2)C1. The summed E-state index contributed by atoms with van der Waals surface area (Å²) in [4.78, 5) is 19.8. The minimum atomic E-state index is -0.239. The lowest BCUT2D eigenvalue weighted by molar-refractivity contribution is 0.240. The van der Waals surface area contributed by atoms with Crippen molar-refractivity contribution in [2.45, 2.75) is 26.4 Å². The number of aromatic nitrogens is 2. The second-order valence-electron chi connectivity index (χ2n) is 8.96. The Kier molecular flexibility index (Phi) is 7.53. The first-order chi connectivity index (χ1) is 18.0. The van der Waals surface area contributed by atoms with Crippen molar-refractivity contribution in [2.75, 3.05) is 19.7 Å². The van der Waals surface area contributed by atoms with E-state index in [4.69, 9.17) is 16.3 Å². The van der Waals surface area contributed by atoms with E-state index in [1.54, 1.807) is 29.0 Å². The standard InChI is InChI=1S/C29H28ClFN4O2/c1-2-37-23-9-10-26-24(17-23)25-19-34(14-3-4-20-5-7-22(31)8-6-20)15-12-27(25)35(26)29(36)33-18-21-11-13-32-28(30)16-21/h3-11,13,16-17H,2,12,14-15,18-19H2,1H3,(H,33,36)/b4-3+. The maximum absolute atomic E-state index is 13.4. The fourth-order valence-electron chi connectivity index (χ4n) is 4.76. The van der Waals surface area contributed by atoms with Gasteiger partial charge in [-0.3, -0.25) is 9.47 Å². The van der Waals surface area contributed by atoms with Gasteiger partial charge < -0.3 is 10.1 Å². The Morgan fingerprint density at radius 1 is 1.19 bits per heavy atom. The van der Waals surface area contributed by atoms with Crippen molar-refractivity contribution < 1.29 is 13.9 Å². The summed E-state index contributed by atoms with van der Waals surface area (Å²) < 4.78 is 20.7. The molecule has 0 saturated carbocycles. The zero-order valence-electron chi connectivity index (χ0n) is 20.6. The number of hydrogen-bond acceptors (Lipinski definition) is 4. The molecule has 8 heteroatoms. The van der Waals surface area contributed by atoms with E-state index in [1.807, 2.05) is 37.3 Å². The molecule has 4 aromatic rings. The van der Waals surface area contributed by atoms with Gasteiger partial charge in [-0.05, 0) is 66.1 Å². The highest BCUT2D eigenvalue weighted by molar-refractivity contribution is 6.29. The maximum Gasteiger partial charge on any atom is 0.326 e. The topological polar surface area (TPSA) is 59.4 Å². The van der Waals surface area contributed by atoms with E-state index in [1.165, 1.54) is 12.1 Å². The van der Waals surface area contributed by atoms with Gasteiger partial charge in [0, 0.05) is 49.9 Å². The molecule has 1 N–H and O–H groups in total. The summed E-state index contributed by atoms with van der Waals surface area (Å²) >= 11 is 6.00. The van der Waals surface area contributed by atoms with Crippen molar-refractivity contribution in [3.8, 4) is 5.75 Å². The number of nitrogens with zero attached hydrogens (tertiary/aromatic N) is 3. The van der Waals surface area contributed by atoms with Crippen molar-refractivity contribution >= 4 is 34.6 Å². The van der Waals surface area contributed by atoms with Crippen molar-refractivity contribution in [3.05, 3.63) is 100 Å². The van der Waals surface area contributed by atoms with Gasteiger partial charge in [0.25, 0.3) is 0 Å². The van der Waals surface area contributed by atoms with E-state index >= 15 is 0 Å². The van der Waals surface area contributed by atoms with Crippen LogP contribution in [0, 0.1) is 5.82 Å². The van der Waals surface area contributed by atoms with Gasteiger partial charge in [0.2, 0.25) is 0 Å². The Morgan fingerprint density at radius 3 is 2.81 bits per heavy atom. The smallest absolute Gasteiger partial charge is 0.326 e. The Labute approximate surface area is 220 Å². The number of nitrogens with one attached hydrogen (secondary N) is 1. The summed E-state index contributed by atoms with van der Waals surface area (Å²) in [5, 5.41) is 4.45. The lowest BCUT2D eigenvalue weighted by atomic mass is 10.0. The number of halogens is 2. The Hall–Kier alpha value is -3.68. The van der Waals surface area contributed by atoms with Gasteiger partial charge in [-0.25, -0.2) is 14.2 Å². The third kappa shape index (κ3) is 5.68. The highest BCUT2D eigenvalue weighted by Gasteiger charge is 2.26. The summed E-state index contributed by atoms with van der Waals surface area (Å²) in [6.07, 6.45) is 6.47. The van der Waals surface area contributed by atoms with Gasteiger partial charge in [-0.15, -0.1) is 0 Å². The molecule has 37 heavy (non-hydrogen) atoms. The largest absolute Gasteiger partial charge is 0.494 e. The molecular weight excluding hydrogens is 491 g/mol. The van der Waals surface area contributed by atoms with E-state index in [2.05, 4.69) is 21.3 Å². The predicted molar refractivity (Wildman–Crippen MR) is 144 cm³/mol. The molecule has 2 aromatic carbocycles. The number of carbonyl (C=O) groups is 1. The summed E-state index contributed by atoms with van der Waals surface area (Å²) in [6.45, 7) is 5.18. The van der Waals surface area contributed by atoms with Crippen LogP contribution in [-0.2, 0) is 19.5 Å². The van der Waals surface area contributed by atoms with Crippen molar-refractivity contribution in [1.82, 2.24) is 19.8 Å². The molecule has 190 valence electrons. The number of amides is 1. The van der Waals surface area contributed by atoms with Crippen LogP contribution in [0.3, 0.4) is 0 Å². The number of ether oxygens (including phenoxy) is 1. The molecule has 5 rings (SSSR count). The molecule has 0 fully saturated rings. The van der Waals surface area contributed by atoms with Gasteiger partial charge in [0.15, 0.2) is 0 Å². The first-order valence-corrected chi connectivity index (χ1v) is 12.7. The molecule has 0 aliphatic carbocycles. The molecule has 1 aliphatic heterocycles. The lowest BCUT2D eigenvalue weighted by Gasteiger charge is -2.27. The van der Waals surface area contributed by atoms with E-state index in [9.17, 15) is 9.18 Å². The summed E-state index contributed by atoms with van der Waals surface area (Å²) in [7, 11) is 0. The van der Waals surface area contributed by atoms with Gasteiger partial charge >= 0.3 is 6.03 Å². The van der Waals surface area contributed by atoms with Gasteiger partial charge in [-0.2, -0.15) is 0 Å². The molecule has 0 unspecified atom stereocenters. The zero-order chi connectivity index (χ0) is 25.8. The zero-order valence-corrected chi connectivity index (χ0v) is 21.3. The van der Waals surface area contributed by atoms with Crippen LogP contribution in [-0.4, -0.2) is 40.2 Å². The molecule has 2 aromatic heterocycles. The number of hydrogen-bond donors (Lipinski definition) is 1. The highest BCUT2D eigenvalue weighted by atomic mass is 35.5. The van der Waals surface area contributed by atoms with Crippen LogP contribution in [0.15, 0.2) is 66.9 Å². The van der Waals surface area contributed by atoms with E-state index in [-0.39, 0.29) is 11.8 Å². The minimum absolute atomic E-state index is 0.173. The van der Waals surface area contributed by atoms with E-state index < -0.39 is 0 Å². The second-order valence-corrected chi connectivity index (χ2v) is 9.34. The summed E-state index contributed by atoms with van der Waals surface area (Å²) in [6, 6.07) is 15.8. The molecule has 0 saturated heterocycles. The fourth-order valence-corrected chi connectivity index (χ4v) is 4.96. The van der Waals surface area contributed by atoms with E-state index in [0.717, 1.165) is 65.1 Å². The third-order valence-electron chi connectivity index (χ3n) is 6.49. The number of fused-ring (bicyclic) bond motifs is 3. The molecule has 6 nitrogen and oxygen atoms in total. The average molecular weight is 519 g/mol. The van der Waals surface area contributed by atoms with Gasteiger partial charge in [-0.1, -0.05) is 35.9 Å². The number of carbonyl (C=O) groups excluding carboxylic acids is 1. The molecule has 3 heterocycles. The van der Waals surface area contributed by atoms with Crippen molar-refractivity contribution in [2.24, 2.45) is 0 Å². The molecule has 0 spiro atoms. The number of rotatable bonds is 7. The van der Waals surface area contributed by atoms with Crippen molar-refractivity contribution in [1.29, 1.82) is 0 Å². The molecule has 1 amide bonds. The normalized spacial score (nSPS) is 13.7. The molecule has 0 radical (unpaired) electrons. The number of pyridine rings is 1. The van der Waals surface area contributed by atoms with E-state index in [0.29, 0.717) is 18.3 Å². The Morgan fingerprint density at radius 2 is 2.03 bits per heavy atom. The fraction of sp³-hybridized carbons (Fsp3) is 0.241. The lowest BCUT2D eigenvalue weighted by Crippen LogP contribution is -2.34. The number of benzene rings is 2. The summed E-state index contributed by atoms with van der Waals surface area (Å²) in [5.74, 6) is 0.548. The quantitative estimate of drug-likeness (QED) is 0.302. The van der Waals surface area contributed by atoms with Crippen LogP contribution in [0.5, 0.6) is 5.75 Å². The third-order valence-corrected chi connectivity index (χ3v) is 6.70.